The number of carbonyl (C=O) groups is 2. The summed E-state index contributed by atoms with van der Waals surface area (Å²) in [7, 11) is 1.76. The van der Waals surface area contributed by atoms with Crippen LogP contribution in [0.1, 0.15) is 18.4 Å². The Hall–Kier alpha value is -4.39. The van der Waals surface area contributed by atoms with E-state index in [9.17, 15) is 9.59 Å². The summed E-state index contributed by atoms with van der Waals surface area (Å²) in [4.78, 5) is 28.4. The number of hydrogen-bond acceptors (Lipinski definition) is 4. The van der Waals surface area contributed by atoms with Gasteiger partial charge in [-0.25, -0.2) is 4.68 Å². The van der Waals surface area contributed by atoms with E-state index in [-0.39, 0.29) is 18.4 Å². The largest absolute Gasteiger partial charge is 0.484 e. The van der Waals surface area contributed by atoms with Gasteiger partial charge in [-0.15, -0.1) is 0 Å². The maximum atomic E-state index is 12.9. The van der Waals surface area contributed by atoms with Crippen molar-refractivity contribution in [1.82, 2.24) is 14.7 Å². The van der Waals surface area contributed by atoms with Crippen molar-refractivity contribution in [1.29, 1.82) is 0 Å². The van der Waals surface area contributed by atoms with E-state index in [1.54, 1.807) is 22.9 Å². The van der Waals surface area contributed by atoms with Gasteiger partial charge in [0.05, 0.1) is 11.4 Å². The maximum absolute atomic E-state index is 12.9. The summed E-state index contributed by atoms with van der Waals surface area (Å²) in [6, 6.07) is 27.2. The Kier molecular flexibility index (Phi) is 6.80. The number of amides is 2. The van der Waals surface area contributed by atoms with Crippen molar-refractivity contribution in [2.75, 3.05) is 25.1 Å². The number of para-hydroxylation sites is 1. The lowest BCUT2D eigenvalue weighted by Crippen LogP contribution is -2.31. The van der Waals surface area contributed by atoms with Crippen LogP contribution in [0.15, 0.2) is 91.1 Å². The molecule has 5 rings (SSSR count). The molecule has 7 nitrogen and oxygen atoms in total. The van der Waals surface area contributed by atoms with Gasteiger partial charge in [0.2, 0.25) is 5.91 Å². The van der Waals surface area contributed by atoms with Crippen LogP contribution in [-0.4, -0.2) is 46.7 Å². The smallest absolute Gasteiger partial charge is 0.260 e. The van der Waals surface area contributed by atoms with E-state index in [0.717, 1.165) is 34.6 Å². The number of likely N-dealkylation sites (N-methyl/N-ethyl adjacent to an activating group) is 1. The molecule has 0 unspecified atom stereocenters. The number of ether oxygens (including phenoxy) is 1. The molecule has 36 heavy (non-hydrogen) atoms. The summed E-state index contributed by atoms with van der Waals surface area (Å²) in [6.45, 7) is 1.01. The lowest BCUT2D eigenvalue weighted by atomic mass is 10.1. The van der Waals surface area contributed by atoms with Gasteiger partial charge in [-0.2, -0.15) is 5.10 Å². The summed E-state index contributed by atoms with van der Waals surface area (Å²) < 4.78 is 7.65. The Morgan fingerprint density at radius 1 is 0.972 bits per heavy atom. The molecular weight excluding hydrogens is 452 g/mol. The second kappa shape index (κ2) is 10.5. The number of rotatable bonds is 8. The number of anilines is 1. The van der Waals surface area contributed by atoms with Crippen molar-refractivity contribution in [2.45, 2.75) is 19.4 Å². The second-order valence-electron chi connectivity index (χ2n) is 8.83. The van der Waals surface area contributed by atoms with E-state index in [1.807, 2.05) is 89.7 Å². The van der Waals surface area contributed by atoms with Crippen LogP contribution >= 0.6 is 0 Å². The number of aromatic nitrogens is 2. The first-order valence-corrected chi connectivity index (χ1v) is 12.0. The summed E-state index contributed by atoms with van der Waals surface area (Å²) in [5, 5.41) is 4.83. The van der Waals surface area contributed by atoms with E-state index >= 15 is 0 Å². The standard InChI is InChI=1S/C29H28N4O3/c1-31(28(35)21-36-26-15-8-14-25(18-26)32-17-9-16-27(32)34)19-23-20-33(24-12-6-3-7-13-24)30-29(23)22-10-4-2-5-11-22/h2-8,10-15,18,20H,9,16-17,19,21H2,1H3. The van der Waals surface area contributed by atoms with Crippen LogP contribution in [0.25, 0.3) is 16.9 Å². The fraction of sp³-hybridized carbons (Fsp3) is 0.207. The van der Waals surface area contributed by atoms with E-state index in [0.29, 0.717) is 25.3 Å². The van der Waals surface area contributed by atoms with Gasteiger partial charge in [0.1, 0.15) is 5.75 Å². The first-order chi connectivity index (χ1) is 17.6. The first kappa shape index (κ1) is 23.4. The zero-order chi connectivity index (χ0) is 24.9. The molecule has 4 aromatic rings. The quantitative estimate of drug-likeness (QED) is 0.367. The predicted octanol–water partition coefficient (Wildman–Crippen LogP) is 4.70. The fourth-order valence-corrected chi connectivity index (χ4v) is 4.34. The molecule has 1 aromatic heterocycles. The first-order valence-electron chi connectivity index (χ1n) is 12.0. The van der Waals surface area contributed by atoms with Crippen molar-refractivity contribution in [3.63, 3.8) is 0 Å². The Morgan fingerprint density at radius 3 is 2.42 bits per heavy atom. The Balaban J connectivity index is 1.29. The van der Waals surface area contributed by atoms with Gasteiger partial charge in [-0.3, -0.25) is 9.59 Å². The molecule has 7 heteroatoms. The number of nitrogens with zero attached hydrogens (tertiary/aromatic N) is 4. The highest BCUT2D eigenvalue weighted by atomic mass is 16.5. The molecule has 0 saturated carbocycles. The minimum atomic E-state index is -0.149. The van der Waals surface area contributed by atoms with Crippen molar-refractivity contribution in [3.8, 4) is 22.7 Å². The highest BCUT2D eigenvalue weighted by molar-refractivity contribution is 5.95. The SMILES string of the molecule is CN(Cc1cn(-c2ccccc2)nc1-c1ccccc1)C(=O)COc1cccc(N2CCCC2=O)c1. The minimum Gasteiger partial charge on any atom is -0.484 e. The van der Waals surface area contributed by atoms with Gasteiger partial charge in [0.15, 0.2) is 6.61 Å². The lowest BCUT2D eigenvalue weighted by Gasteiger charge is -2.19. The van der Waals surface area contributed by atoms with Gasteiger partial charge in [0, 0.05) is 55.6 Å². The summed E-state index contributed by atoms with van der Waals surface area (Å²) in [5.74, 6) is 0.535. The third-order valence-electron chi connectivity index (χ3n) is 6.26. The van der Waals surface area contributed by atoms with Gasteiger partial charge >= 0.3 is 0 Å². The molecule has 182 valence electrons. The van der Waals surface area contributed by atoms with Gasteiger partial charge in [-0.1, -0.05) is 54.6 Å². The monoisotopic (exact) mass is 480 g/mol. The number of benzene rings is 3. The molecule has 1 fully saturated rings. The molecular formula is C29H28N4O3. The van der Waals surface area contributed by atoms with Crippen molar-refractivity contribution >= 4 is 17.5 Å². The topological polar surface area (TPSA) is 67.7 Å². The average Bonchev–Trinajstić information content (AvgIpc) is 3.54. The molecule has 1 aliphatic rings. The van der Waals surface area contributed by atoms with Crippen LogP contribution in [0.5, 0.6) is 5.75 Å². The van der Waals surface area contributed by atoms with Crippen LogP contribution in [0.4, 0.5) is 5.69 Å². The van der Waals surface area contributed by atoms with E-state index in [4.69, 9.17) is 9.84 Å². The lowest BCUT2D eigenvalue weighted by molar-refractivity contribution is -0.132. The molecule has 0 spiro atoms. The molecule has 1 aliphatic heterocycles. The minimum absolute atomic E-state index is 0.0958. The zero-order valence-corrected chi connectivity index (χ0v) is 20.2. The summed E-state index contributed by atoms with van der Waals surface area (Å²) in [6.07, 6.45) is 3.40. The molecule has 2 heterocycles. The number of carbonyl (C=O) groups excluding carboxylic acids is 2. The summed E-state index contributed by atoms with van der Waals surface area (Å²) in [5.41, 5.74) is 4.53. The van der Waals surface area contributed by atoms with E-state index < -0.39 is 0 Å². The highest BCUT2D eigenvalue weighted by Crippen LogP contribution is 2.26. The average molecular weight is 481 g/mol. The normalized spacial score (nSPS) is 13.1. The van der Waals surface area contributed by atoms with Crippen LogP contribution < -0.4 is 9.64 Å². The van der Waals surface area contributed by atoms with Crippen LogP contribution in [0, 0.1) is 0 Å². The summed E-state index contributed by atoms with van der Waals surface area (Å²) >= 11 is 0. The van der Waals surface area contributed by atoms with Crippen molar-refractivity contribution in [3.05, 3.63) is 96.7 Å². The van der Waals surface area contributed by atoms with E-state index in [2.05, 4.69) is 0 Å². The third-order valence-corrected chi connectivity index (χ3v) is 6.26. The molecule has 0 aliphatic carbocycles. The third kappa shape index (κ3) is 5.15. The molecule has 0 N–H and O–H groups in total. The predicted molar refractivity (Wildman–Crippen MR) is 139 cm³/mol. The molecule has 0 bridgehead atoms. The molecule has 0 atom stereocenters. The van der Waals surface area contributed by atoms with Crippen LogP contribution in [0.2, 0.25) is 0 Å². The Morgan fingerprint density at radius 2 is 1.69 bits per heavy atom. The molecule has 2 amide bonds. The zero-order valence-electron chi connectivity index (χ0n) is 20.2. The van der Waals surface area contributed by atoms with E-state index in [1.165, 1.54) is 0 Å². The Bertz CT molecular complexity index is 1350. The van der Waals surface area contributed by atoms with Crippen molar-refractivity contribution < 1.29 is 14.3 Å². The van der Waals surface area contributed by atoms with Crippen molar-refractivity contribution in [2.24, 2.45) is 0 Å². The molecule has 1 saturated heterocycles. The fourth-order valence-electron chi connectivity index (χ4n) is 4.34. The van der Waals surface area contributed by atoms with Gasteiger partial charge < -0.3 is 14.5 Å². The number of hydrogen-bond donors (Lipinski definition) is 0. The Labute approximate surface area is 210 Å². The van der Waals surface area contributed by atoms with Gasteiger partial charge in [-0.05, 0) is 30.7 Å². The van der Waals surface area contributed by atoms with Gasteiger partial charge in [0.25, 0.3) is 5.91 Å². The van der Waals surface area contributed by atoms with Crippen LogP contribution in [0.3, 0.4) is 0 Å². The van der Waals surface area contributed by atoms with Crippen LogP contribution in [-0.2, 0) is 16.1 Å². The molecule has 3 aromatic carbocycles. The molecule has 0 radical (unpaired) electrons. The second-order valence-corrected chi connectivity index (χ2v) is 8.83. The maximum Gasteiger partial charge on any atom is 0.260 e. The highest BCUT2D eigenvalue weighted by Gasteiger charge is 2.22.